The lowest BCUT2D eigenvalue weighted by Crippen LogP contribution is -2.44. The van der Waals surface area contributed by atoms with Crippen LogP contribution < -0.4 is 5.32 Å². The first kappa shape index (κ1) is 18.5. The molecule has 1 aliphatic heterocycles. The van der Waals surface area contributed by atoms with E-state index in [9.17, 15) is 14.4 Å². The van der Waals surface area contributed by atoms with Crippen molar-refractivity contribution in [3.05, 3.63) is 51.4 Å². The zero-order chi connectivity index (χ0) is 18.5. The molecule has 1 saturated heterocycles. The molecule has 0 atom stereocenters. The van der Waals surface area contributed by atoms with Gasteiger partial charge in [0, 0.05) is 25.8 Å². The summed E-state index contributed by atoms with van der Waals surface area (Å²) in [5, 5.41) is 4.83. The van der Waals surface area contributed by atoms with Gasteiger partial charge in [-0.25, -0.2) is 4.98 Å². The average molecular weight is 392 g/mol. The van der Waals surface area contributed by atoms with Crippen molar-refractivity contribution in [2.24, 2.45) is 5.92 Å². The fourth-order valence-electron chi connectivity index (χ4n) is 2.88. The van der Waals surface area contributed by atoms with E-state index in [1.165, 1.54) is 17.5 Å². The number of hydrogen-bond donors (Lipinski definition) is 1. The van der Waals surface area contributed by atoms with Crippen molar-refractivity contribution in [2.45, 2.75) is 12.8 Å². The van der Waals surface area contributed by atoms with E-state index in [0.717, 1.165) is 12.8 Å². The second-order valence-electron chi connectivity index (χ2n) is 6.09. The van der Waals surface area contributed by atoms with Crippen molar-refractivity contribution in [2.75, 3.05) is 19.6 Å². The Labute approximate surface area is 160 Å². The fraction of sp³-hybridized carbons (Fsp3) is 0.333. The second-order valence-corrected chi connectivity index (χ2v) is 7.40. The van der Waals surface area contributed by atoms with E-state index in [1.807, 2.05) is 0 Å². The predicted octanol–water partition coefficient (Wildman–Crippen LogP) is 2.65. The highest BCUT2D eigenvalue weighted by Crippen LogP contribution is 2.19. The minimum atomic E-state index is -0.447. The van der Waals surface area contributed by atoms with Crippen molar-refractivity contribution in [3.63, 3.8) is 0 Å². The van der Waals surface area contributed by atoms with Crippen molar-refractivity contribution in [3.8, 4) is 0 Å². The summed E-state index contributed by atoms with van der Waals surface area (Å²) in [7, 11) is 0. The molecule has 0 aromatic carbocycles. The van der Waals surface area contributed by atoms with Crippen LogP contribution >= 0.6 is 22.9 Å². The van der Waals surface area contributed by atoms with Gasteiger partial charge in [-0.1, -0.05) is 17.7 Å². The summed E-state index contributed by atoms with van der Waals surface area (Å²) in [4.78, 5) is 42.5. The van der Waals surface area contributed by atoms with E-state index in [-0.39, 0.29) is 17.0 Å². The van der Waals surface area contributed by atoms with Crippen LogP contribution in [0.2, 0.25) is 5.15 Å². The number of piperidine rings is 1. The van der Waals surface area contributed by atoms with Gasteiger partial charge in [0.15, 0.2) is 0 Å². The van der Waals surface area contributed by atoms with Crippen LogP contribution in [-0.4, -0.2) is 47.1 Å². The van der Waals surface area contributed by atoms with Crippen LogP contribution in [0.4, 0.5) is 0 Å². The third-order valence-corrected chi connectivity index (χ3v) is 5.57. The molecule has 8 heteroatoms. The summed E-state index contributed by atoms with van der Waals surface area (Å²) in [5.41, 5.74) is 0.350. The van der Waals surface area contributed by atoms with Crippen LogP contribution in [0.15, 0.2) is 35.8 Å². The average Bonchev–Trinajstić information content (AvgIpc) is 3.20. The number of rotatable bonds is 5. The molecule has 6 nitrogen and oxygen atoms in total. The Bertz CT molecular complexity index is 802. The molecule has 0 saturated carbocycles. The summed E-state index contributed by atoms with van der Waals surface area (Å²) < 4.78 is 0. The second kappa shape index (κ2) is 8.42. The van der Waals surface area contributed by atoms with Gasteiger partial charge in [-0.05, 0) is 42.3 Å². The van der Waals surface area contributed by atoms with E-state index >= 15 is 0 Å². The van der Waals surface area contributed by atoms with E-state index < -0.39 is 11.7 Å². The largest absolute Gasteiger partial charge is 0.352 e. The van der Waals surface area contributed by atoms with Gasteiger partial charge in [-0.2, -0.15) is 0 Å². The van der Waals surface area contributed by atoms with Gasteiger partial charge in [0.05, 0.1) is 10.4 Å². The van der Waals surface area contributed by atoms with E-state index in [4.69, 9.17) is 11.6 Å². The number of carbonyl (C=O) groups excluding carboxylic acids is 3. The minimum Gasteiger partial charge on any atom is -0.352 e. The number of nitrogens with zero attached hydrogens (tertiary/aromatic N) is 2. The topological polar surface area (TPSA) is 79.4 Å². The first-order chi connectivity index (χ1) is 12.6. The zero-order valence-electron chi connectivity index (χ0n) is 14.0. The fourth-order valence-corrected chi connectivity index (χ4v) is 3.74. The van der Waals surface area contributed by atoms with Gasteiger partial charge in [-0.3, -0.25) is 14.4 Å². The van der Waals surface area contributed by atoms with E-state index in [1.54, 1.807) is 34.5 Å². The zero-order valence-corrected chi connectivity index (χ0v) is 15.6. The maximum atomic E-state index is 12.3. The first-order valence-electron chi connectivity index (χ1n) is 8.32. The van der Waals surface area contributed by atoms with E-state index in [0.29, 0.717) is 30.1 Å². The lowest BCUT2D eigenvalue weighted by molar-refractivity contribution is -0.127. The maximum Gasteiger partial charge on any atom is 0.295 e. The molecule has 0 spiro atoms. The molecule has 26 heavy (non-hydrogen) atoms. The van der Waals surface area contributed by atoms with Gasteiger partial charge in [0.2, 0.25) is 0 Å². The van der Waals surface area contributed by atoms with Crippen molar-refractivity contribution >= 4 is 40.5 Å². The van der Waals surface area contributed by atoms with Crippen molar-refractivity contribution < 1.29 is 14.4 Å². The molecule has 1 aliphatic rings. The van der Waals surface area contributed by atoms with Gasteiger partial charge in [0.25, 0.3) is 17.6 Å². The highest BCUT2D eigenvalue weighted by atomic mass is 35.5. The molecular formula is C18H18ClN3O3S. The third kappa shape index (κ3) is 4.28. The van der Waals surface area contributed by atoms with Crippen molar-refractivity contribution in [1.82, 2.24) is 15.2 Å². The molecule has 0 radical (unpaired) electrons. The van der Waals surface area contributed by atoms with Crippen LogP contribution in [0.1, 0.15) is 32.9 Å². The Balaban J connectivity index is 1.47. The normalized spacial score (nSPS) is 14.9. The smallest absolute Gasteiger partial charge is 0.295 e. The number of nitrogens with one attached hydrogen (secondary N) is 1. The number of thiophene rings is 1. The van der Waals surface area contributed by atoms with Crippen LogP contribution in [0.5, 0.6) is 0 Å². The highest BCUT2D eigenvalue weighted by molar-refractivity contribution is 7.13. The number of aromatic nitrogens is 1. The Morgan fingerprint density at radius 1 is 1.23 bits per heavy atom. The molecule has 3 rings (SSSR count). The molecule has 1 fully saturated rings. The summed E-state index contributed by atoms with van der Waals surface area (Å²) in [5.74, 6) is -0.889. The minimum absolute atomic E-state index is 0.178. The van der Waals surface area contributed by atoms with Crippen LogP contribution in [0, 0.1) is 5.92 Å². The molecule has 3 heterocycles. The molecule has 0 bridgehead atoms. The van der Waals surface area contributed by atoms with Crippen LogP contribution in [-0.2, 0) is 4.79 Å². The monoisotopic (exact) mass is 391 g/mol. The number of likely N-dealkylation sites (tertiary alicyclic amines) is 1. The highest BCUT2D eigenvalue weighted by Gasteiger charge is 2.28. The van der Waals surface area contributed by atoms with Gasteiger partial charge >= 0.3 is 0 Å². The van der Waals surface area contributed by atoms with Gasteiger partial charge in [-0.15, -0.1) is 11.3 Å². The number of amides is 2. The van der Waals surface area contributed by atoms with Crippen LogP contribution in [0.25, 0.3) is 0 Å². The van der Waals surface area contributed by atoms with Gasteiger partial charge < -0.3 is 10.2 Å². The van der Waals surface area contributed by atoms with Crippen molar-refractivity contribution in [1.29, 1.82) is 0 Å². The lowest BCUT2D eigenvalue weighted by Gasteiger charge is -2.31. The molecule has 2 aromatic heterocycles. The molecule has 0 aliphatic carbocycles. The maximum absolute atomic E-state index is 12.3. The SMILES string of the molecule is O=C(C(=O)N1CCC(CNC(=O)c2cccnc2Cl)CC1)c1cccs1. The molecule has 1 N–H and O–H groups in total. The lowest BCUT2D eigenvalue weighted by atomic mass is 9.96. The number of halogens is 1. The summed E-state index contributed by atoms with van der Waals surface area (Å²) in [6.07, 6.45) is 3.01. The Morgan fingerprint density at radius 2 is 2.00 bits per heavy atom. The Kier molecular flexibility index (Phi) is 6.00. The summed E-state index contributed by atoms with van der Waals surface area (Å²) in [6, 6.07) is 6.71. The Morgan fingerprint density at radius 3 is 2.65 bits per heavy atom. The number of Topliss-reactive ketones (excluding diaryl/α,β-unsaturated/α-hetero) is 1. The molecule has 0 unspecified atom stereocenters. The number of ketones is 1. The third-order valence-electron chi connectivity index (χ3n) is 4.40. The molecule has 2 aromatic rings. The quantitative estimate of drug-likeness (QED) is 0.482. The number of pyridine rings is 1. The standard InChI is InChI=1S/C18H18ClN3O3S/c19-16-13(3-1-7-20-16)17(24)21-11-12-5-8-22(9-6-12)18(25)15(23)14-4-2-10-26-14/h1-4,7,10,12H,5-6,8-9,11H2,(H,21,24). The summed E-state index contributed by atoms with van der Waals surface area (Å²) in [6.45, 7) is 1.54. The van der Waals surface area contributed by atoms with Gasteiger partial charge in [0.1, 0.15) is 5.15 Å². The first-order valence-corrected chi connectivity index (χ1v) is 9.58. The summed E-state index contributed by atoms with van der Waals surface area (Å²) >= 11 is 7.19. The van der Waals surface area contributed by atoms with E-state index in [2.05, 4.69) is 10.3 Å². The number of carbonyl (C=O) groups is 3. The van der Waals surface area contributed by atoms with Crippen LogP contribution in [0.3, 0.4) is 0 Å². The Hall–Kier alpha value is -2.25. The molecular weight excluding hydrogens is 374 g/mol. The molecule has 136 valence electrons. The number of hydrogen-bond acceptors (Lipinski definition) is 5. The molecule has 2 amide bonds. The predicted molar refractivity (Wildman–Crippen MR) is 99.5 cm³/mol.